The molecule has 100 heavy (non-hydrogen) atoms. The first-order valence-electron chi connectivity index (χ1n) is 31.5. The van der Waals surface area contributed by atoms with Gasteiger partial charge in [0.05, 0.1) is 74.7 Å². The first-order chi connectivity index (χ1) is 47.4. The molecule has 12 atom stereocenters. The molecule has 14 N–H and O–H groups in total. The van der Waals surface area contributed by atoms with Crippen LogP contribution in [0.3, 0.4) is 0 Å². The van der Waals surface area contributed by atoms with Crippen molar-refractivity contribution < 1.29 is 128 Å². The minimum Gasteiger partial charge on any atom is -0.477 e. The van der Waals surface area contributed by atoms with Gasteiger partial charge in [-0.3, -0.25) is 38.1 Å². The van der Waals surface area contributed by atoms with Gasteiger partial charge in [0.25, 0.3) is 35.2 Å². The molecule has 2 aliphatic heterocycles. The van der Waals surface area contributed by atoms with Gasteiger partial charge in [-0.05, 0) is 70.8 Å². The number of aliphatic hydroxyl groups excluding tert-OH is 6. The van der Waals surface area contributed by atoms with E-state index in [0.29, 0.717) is 5.69 Å². The van der Waals surface area contributed by atoms with Crippen molar-refractivity contribution in [2.75, 3.05) is 32.8 Å². The van der Waals surface area contributed by atoms with Crippen LogP contribution in [-0.2, 0) is 64.2 Å². The summed E-state index contributed by atoms with van der Waals surface area (Å²) in [4.78, 5) is 102. The number of nitrogens with one attached hydrogen (secondary N) is 6. The number of benzene rings is 5. The number of aliphatic hydroxyl groups is 6. The second kappa shape index (κ2) is 35.2. The second-order valence-electron chi connectivity index (χ2n) is 23.6. The Bertz CT molecular complexity index is 3930. The maximum atomic E-state index is 13.1. The molecule has 9 rings (SSSR count). The molecule has 0 saturated carbocycles. The molecule has 7 aromatic rings. The van der Waals surface area contributed by atoms with Crippen LogP contribution in [0.4, 0.5) is 0 Å². The molecule has 0 bridgehead atoms. The zero-order valence-corrected chi connectivity index (χ0v) is 56.6. The Morgan fingerprint density at radius 3 is 1.25 bits per heavy atom. The topological polar surface area (TPSA) is 469 Å². The second-order valence-corrected chi connectivity index (χ2v) is 23.6. The van der Waals surface area contributed by atoms with E-state index in [4.69, 9.17) is 18.9 Å². The van der Waals surface area contributed by atoms with Gasteiger partial charge in [0.2, 0.25) is 11.8 Å². The molecule has 2 aromatic heterocycles. The van der Waals surface area contributed by atoms with Crippen molar-refractivity contribution >= 4 is 47.4 Å². The molecule has 33 heteroatoms. The number of hydrogen-bond donors (Lipinski definition) is 14. The molecule has 2 aliphatic rings. The van der Waals surface area contributed by atoms with E-state index >= 15 is 0 Å². The van der Waals surface area contributed by atoms with Crippen LogP contribution in [0.2, 0.25) is 0 Å². The number of amides is 6. The van der Waals surface area contributed by atoms with Crippen LogP contribution in [0, 0.1) is 0 Å². The van der Waals surface area contributed by atoms with Crippen LogP contribution in [-0.4, -0.2) is 223 Å². The van der Waals surface area contributed by atoms with Crippen LogP contribution in [0.5, 0.6) is 0 Å². The monoisotopic (exact) mass is 1390 g/mol. The van der Waals surface area contributed by atoms with E-state index in [2.05, 4.69) is 52.5 Å². The first kappa shape index (κ1) is 76.5. The fourth-order valence-corrected chi connectivity index (χ4v) is 11.2. The maximum Gasteiger partial charge on any atom is 1.00 e. The van der Waals surface area contributed by atoms with Gasteiger partial charge in [0.15, 0.2) is 0 Å². The fourth-order valence-electron chi connectivity index (χ4n) is 11.2. The molecule has 6 amide bonds. The zero-order valence-electron chi connectivity index (χ0n) is 54.6. The Hall–Kier alpha value is -9.26. The largest absolute Gasteiger partial charge is 1.00 e. The first-order valence-corrected chi connectivity index (χ1v) is 31.5. The summed E-state index contributed by atoms with van der Waals surface area (Å²) in [6, 6.07) is 35.1. The third-order valence-corrected chi connectivity index (χ3v) is 16.4. The number of aromatic nitrogens is 6. The molecule has 524 valence electrons. The average Bonchev–Trinajstić information content (AvgIpc) is 0.820. The molecule has 0 aliphatic carbocycles. The number of hydrogen-bond acceptors (Lipinski definition) is 22. The SMILES string of the molecule is CC(=O)N[C@@H]1[C@@H](O)C[C@](OCCc2cn(CCNC(=O)c3ccc(C(=O)NCCn4cc(CO[C@]5(C(=O)O)C[C@H](O)[C@@H](NC(C)=O)[C@H](C(O)[C@H](O)CNC(=O)c6ccc(-c7ccccc7)cc6)O5)nn4)cc3)nn2)(C(=O)O)O[C@H]1C(O)[C@H](O)CNC(=O)c1ccc(-c2ccccc2)cc1.[Na+]. The summed E-state index contributed by atoms with van der Waals surface area (Å²) in [7, 11) is 0. The summed E-state index contributed by atoms with van der Waals surface area (Å²) in [6.45, 7) is 0.567. The third-order valence-electron chi connectivity index (χ3n) is 16.4. The number of carbonyl (C=O) groups excluding carboxylic acids is 6. The van der Waals surface area contributed by atoms with Gasteiger partial charge in [-0.25, -0.2) is 9.59 Å². The molecular formula is C67H76N12NaO20+. The van der Waals surface area contributed by atoms with Gasteiger partial charge < -0.3 is 91.7 Å². The number of carboxylic acid groups (broad SMARTS) is 2. The summed E-state index contributed by atoms with van der Waals surface area (Å²) in [5.41, 5.74) is 4.93. The molecule has 2 fully saturated rings. The van der Waals surface area contributed by atoms with Crippen LogP contribution >= 0.6 is 0 Å². The minimum atomic E-state index is -2.65. The van der Waals surface area contributed by atoms with Crippen molar-refractivity contribution in [2.45, 2.75) is 125 Å². The molecule has 2 saturated heterocycles. The van der Waals surface area contributed by atoms with Crippen molar-refractivity contribution in [1.29, 1.82) is 0 Å². The van der Waals surface area contributed by atoms with E-state index in [0.717, 1.165) is 36.1 Å². The van der Waals surface area contributed by atoms with E-state index < -0.39 is 152 Å². The predicted octanol–water partition coefficient (Wildman–Crippen LogP) is -3.68. The van der Waals surface area contributed by atoms with Crippen LogP contribution in [0.25, 0.3) is 22.3 Å². The van der Waals surface area contributed by atoms with E-state index in [9.17, 15) is 79.2 Å². The summed E-state index contributed by atoms with van der Waals surface area (Å²) in [5, 5.41) is 120. The number of carbonyl (C=O) groups is 8. The van der Waals surface area contributed by atoms with E-state index in [1.54, 1.807) is 48.5 Å². The number of rotatable bonds is 31. The van der Waals surface area contributed by atoms with Gasteiger partial charge in [-0.15, -0.1) is 10.2 Å². The van der Waals surface area contributed by atoms with Crippen LogP contribution in [0.15, 0.2) is 146 Å². The maximum absolute atomic E-state index is 13.1. The number of aliphatic carboxylic acids is 2. The van der Waals surface area contributed by atoms with Gasteiger partial charge >= 0.3 is 41.5 Å². The normalized spacial score (nSPS) is 21.5. The Balaban J connectivity index is 0.0000127. The standard InChI is InChI=1S/C67H76N12O20.Na/c1-38(80)72-54-50(82)31-66(64(92)93,98-58(54)56(86)52(84)33-70-62(90)46-17-13-42(14-18-46)40-9-5-3-6-10-40)96-30-25-48-35-78(76-74-48)28-26-68-60(88)44-21-23-45(24-22-44)61(89)69-27-29-79-36-49(75-77-79)37-97-67(65(94)95)32-51(83)55(73-39(2)81)59(99-67)57(87)53(85)34-71-63(91)47-19-15-43(16-20-47)41-11-7-4-8-12-41;/h3-24,35-36,50-59,82-87H,25-34,37H2,1-2H3,(H,68,88)(H,69,89)(H,70,90)(H,71,91)(H,72,80)(H,73,81)(H,92,93)(H,94,95);/q;+1/t50-,51-,52+,53+,54+,55+,56?,57?,58+,59+,66+,67+;/m0./s1. The van der Waals surface area contributed by atoms with Gasteiger partial charge in [-0.1, -0.05) is 95.4 Å². The molecule has 0 spiro atoms. The van der Waals surface area contributed by atoms with Crippen molar-refractivity contribution in [3.05, 3.63) is 179 Å². The molecule has 0 radical (unpaired) electrons. The van der Waals surface area contributed by atoms with E-state index in [-0.39, 0.29) is 96.7 Å². The predicted molar refractivity (Wildman–Crippen MR) is 345 cm³/mol. The van der Waals surface area contributed by atoms with Crippen molar-refractivity contribution in [3.63, 3.8) is 0 Å². The van der Waals surface area contributed by atoms with Crippen LogP contribution < -0.4 is 61.5 Å². The summed E-state index contributed by atoms with van der Waals surface area (Å²) in [6.07, 6.45) is -13.0. The summed E-state index contributed by atoms with van der Waals surface area (Å²) in [5.74, 6) is -12.1. The number of ether oxygens (including phenoxy) is 4. The molecule has 5 aromatic carbocycles. The molecule has 32 nitrogen and oxygen atoms in total. The summed E-state index contributed by atoms with van der Waals surface area (Å²) < 4.78 is 25.9. The minimum absolute atomic E-state index is 0. The Kier molecular flexibility index (Phi) is 26.9. The molecule has 4 heterocycles. The van der Waals surface area contributed by atoms with Gasteiger partial charge in [-0.2, -0.15) is 0 Å². The van der Waals surface area contributed by atoms with Gasteiger partial charge in [0, 0.05) is 87.7 Å². The Labute approximate surface area is 593 Å². The van der Waals surface area contributed by atoms with Gasteiger partial charge in [0.1, 0.15) is 30.1 Å². The van der Waals surface area contributed by atoms with E-state index in [1.807, 2.05) is 60.7 Å². The van der Waals surface area contributed by atoms with Crippen molar-refractivity contribution in [1.82, 2.24) is 61.9 Å². The Morgan fingerprint density at radius 1 is 0.510 bits per heavy atom. The third kappa shape index (κ3) is 19.8. The zero-order chi connectivity index (χ0) is 71.0. The fraction of sp³-hybridized carbons (Fsp3) is 0.373. The quantitative estimate of drug-likeness (QED) is 0.0186. The van der Waals surface area contributed by atoms with Crippen molar-refractivity contribution in [2.24, 2.45) is 0 Å². The molecule has 2 unspecified atom stereocenters. The summed E-state index contributed by atoms with van der Waals surface area (Å²) >= 11 is 0. The van der Waals surface area contributed by atoms with E-state index in [1.165, 1.54) is 46.0 Å². The Morgan fingerprint density at radius 2 is 0.860 bits per heavy atom. The number of nitrogens with zero attached hydrogens (tertiary/aromatic N) is 6. The van der Waals surface area contributed by atoms with Crippen LogP contribution in [0.1, 0.15) is 79.5 Å². The molecular weight excluding hydrogens is 1320 g/mol. The average molecular weight is 1390 g/mol. The number of carboxylic acids is 2. The smallest absolute Gasteiger partial charge is 0.477 e. The van der Waals surface area contributed by atoms with Crippen molar-refractivity contribution in [3.8, 4) is 22.3 Å².